The summed E-state index contributed by atoms with van der Waals surface area (Å²) in [7, 11) is 0. The van der Waals surface area contributed by atoms with E-state index in [2.05, 4.69) is 110 Å². The Morgan fingerprint density at radius 2 is 1.24 bits per heavy atom. The fraction of sp³-hybridized carbons (Fsp3) is 0.227. The van der Waals surface area contributed by atoms with E-state index in [0.717, 1.165) is 0 Å². The second-order valence-corrected chi connectivity index (χ2v) is 45.1. The summed E-state index contributed by atoms with van der Waals surface area (Å²) in [6, 6.07) is 13.4. The van der Waals surface area contributed by atoms with Gasteiger partial charge < -0.3 is 0 Å². The molecule has 0 aliphatic heterocycles. The third-order valence-electron chi connectivity index (χ3n) is 6.04. The third kappa shape index (κ3) is 2.57. The molecule has 0 radical (unpaired) electrons. The van der Waals surface area contributed by atoms with Gasteiger partial charge in [0.1, 0.15) is 0 Å². The van der Waals surface area contributed by atoms with E-state index in [4.69, 9.17) is 0 Å². The van der Waals surface area contributed by atoms with Gasteiger partial charge in [-0.05, 0) is 0 Å². The van der Waals surface area contributed by atoms with Crippen molar-refractivity contribution in [2.75, 3.05) is 0 Å². The van der Waals surface area contributed by atoms with E-state index >= 15 is 0 Å². The molecule has 0 spiro atoms. The Morgan fingerprint density at radius 3 is 1.64 bits per heavy atom. The molecule has 3 heteroatoms. The Balaban J connectivity index is 1.93. The molecule has 128 valence electrons. The molecule has 0 fully saturated rings. The summed E-state index contributed by atoms with van der Waals surface area (Å²) in [5.41, 5.74) is 8.46. The third-order valence-corrected chi connectivity index (χ3v) is 34.2. The van der Waals surface area contributed by atoms with Crippen LogP contribution in [0.2, 0.25) is 0 Å². The standard InChI is InChI=1S/2C10H9.C2H4.2BrH.Zr/c2*1-8-4-2-5-9-6-3-7-10(8)9;1-2;;;/h2*2-7H,1H3;1H,2H3;2*1H;/q;;;;;+2/p-2. The van der Waals surface area contributed by atoms with Crippen LogP contribution in [0, 0.1) is 13.8 Å². The van der Waals surface area contributed by atoms with Crippen LogP contribution in [0.5, 0.6) is 0 Å². The second-order valence-electron chi connectivity index (χ2n) is 7.34. The first kappa shape index (κ1) is 18.0. The summed E-state index contributed by atoms with van der Waals surface area (Å²) >= 11 is 5.13. The van der Waals surface area contributed by atoms with Crippen molar-refractivity contribution >= 4 is 40.3 Å². The first-order chi connectivity index (χ1) is 11.9. The summed E-state index contributed by atoms with van der Waals surface area (Å²) < 4.78 is 3.32. The molecule has 2 aliphatic carbocycles. The van der Waals surface area contributed by atoms with Gasteiger partial charge in [-0.3, -0.25) is 0 Å². The van der Waals surface area contributed by atoms with Crippen LogP contribution in [0.4, 0.5) is 0 Å². The fourth-order valence-electron chi connectivity index (χ4n) is 4.51. The maximum absolute atomic E-state index is 4.40. The molecule has 25 heavy (non-hydrogen) atoms. The molecular formula is C22H22Br2Zr. The normalized spacial score (nSPS) is 21.4. The Labute approximate surface area is 162 Å². The molecule has 2 aromatic rings. The number of aryl methyl sites for hydroxylation is 2. The van der Waals surface area contributed by atoms with E-state index in [-0.39, 0.29) is 0 Å². The van der Waals surface area contributed by atoms with Crippen LogP contribution in [-0.4, -0.2) is 3.71 Å². The first-order valence-electron chi connectivity index (χ1n) is 8.80. The summed E-state index contributed by atoms with van der Waals surface area (Å²) in [4.78, 5) is 0. The quantitative estimate of drug-likeness (QED) is 0.378. The van der Waals surface area contributed by atoms with Crippen LogP contribution in [0.3, 0.4) is 0 Å². The van der Waals surface area contributed by atoms with Crippen molar-refractivity contribution < 1.29 is 13.6 Å². The van der Waals surface area contributed by atoms with E-state index in [1.807, 2.05) is 0 Å². The molecule has 2 aromatic carbocycles. The maximum atomic E-state index is 4.40. The Hall–Kier alpha value is -0.367. The van der Waals surface area contributed by atoms with E-state index in [1.165, 1.54) is 33.4 Å². The Bertz CT molecular complexity index is 931. The Morgan fingerprint density at radius 1 is 0.800 bits per heavy atom. The molecule has 4 rings (SSSR count). The van der Waals surface area contributed by atoms with Gasteiger partial charge in [-0.1, -0.05) is 0 Å². The van der Waals surface area contributed by atoms with Crippen LogP contribution in [-0.2, 0) is 13.6 Å². The van der Waals surface area contributed by atoms with Crippen molar-refractivity contribution in [1.82, 2.24) is 0 Å². The van der Waals surface area contributed by atoms with Crippen molar-refractivity contribution in [2.45, 2.75) is 28.0 Å². The number of allylic oxidation sites excluding steroid dienone is 2. The zero-order valence-corrected chi connectivity index (χ0v) is 20.4. The van der Waals surface area contributed by atoms with Gasteiger partial charge in [-0.15, -0.1) is 0 Å². The number of fused-ring (bicyclic) bond motifs is 2. The Kier molecular flexibility index (Phi) is 4.38. The van der Waals surface area contributed by atoms with Crippen LogP contribution in [0.1, 0.15) is 47.6 Å². The van der Waals surface area contributed by atoms with Gasteiger partial charge in [0.05, 0.1) is 0 Å². The van der Waals surface area contributed by atoms with Crippen molar-refractivity contribution in [3.05, 3.63) is 81.9 Å². The van der Waals surface area contributed by atoms with Crippen molar-refractivity contribution in [1.29, 1.82) is 0 Å². The molecule has 0 nitrogen and oxygen atoms in total. The van der Waals surface area contributed by atoms with Crippen LogP contribution in [0.15, 0.2) is 48.6 Å². The van der Waals surface area contributed by atoms with Crippen molar-refractivity contribution in [3.8, 4) is 0 Å². The molecule has 0 N–H and O–H groups in total. The molecule has 2 unspecified atom stereocenters. The zero-order chi connectivity index (χ0) is 17.8. The molecule has 0 amide bonds. The van der Waals surface area contributed by atoms with Gasteiger partial charge in [0, 0.05) is 0 Å². The number of halogens is 2. The molecule has 2 aliphatic rings. The number of rotatable bonds is 2. The van der Waals surface area contributed by atoms with Gasteiger partial charge in [0.15, 0.2) is 0 Å². The summed E-state index contributed by atoms with van der Waals surface area (Å²) in [6.45, 7) is 6.65. The summed E-state index contributed by atoms with van der Waals surface area (Å²) in [5, 5.41) is 0. The molecule has 0 aromatic heterocycles. The predicted molar refractivity (Wildman–Crippen MR) is 116 cm³/mol. The molecule has 0 heterocycles. The van der Waals surface area contributed by atoms with Crippen LogP contribution < -0.4 is 0 Å². The topological polar surface area (TPSA) is 0 Å². The number of hydrogen-bond donors (Lipinski definition) is 0. The summed E-state index contributed by atoms with van der Waals surface area (Å²) in [6.07, 6.45) is 9.50. The average molecular weight is 537 g/mol. The van der Waals surface area contributed by atoms with Gasteiger partial charge >= 0.3 is 164 Å². The van der Waals surface area contributed by atoms with E-state index in [1.54, 1.807) is 0 Å². The zero-order valence-electron chi connectivity index (χ0n) is 14.8. The molecule has 0 saturated heterocycles. The molecular weight excluding hydrogens is 515 g/mol. The fourth-order valence-corrected chi connectivity index (χ4v) is 23.1. The molecule has 0 bridgehead atoms. The van der Waals surface area contributed by atoms with Gasteiger partial charge in [0.2, 0.25) is 0 Å². The van der Waals surface area contributed by atoms with Crippen LogP contribution in [0.25, 0.3) is 12.2 Å². The van der Waals surface area contributed by atoms with Crippen LogP contribution >= 0.6 is 24.4 Å². The summed E-state index contributed by atoms with van der Waals surface area (Å²) in [5.74, 6) is 0. The second kappa shape index (κ2) is 6.08. The first-order valence-corrected chi connectivity index (χ1v) is 24.3. The number of hydrogen-bond acceptors (Lipinski definition) is 0. The molecule has 2 atom stereocenters. The van der Waals surface area contributed by atoms with E-state index in [0.29, 0.717) is 7.25 Å². The average Bonchev–Trinajstić information content (AvgIpc) is 3.21. The number of benzene rings is 2. The SMILES string of the molecule is C[CH]=[Zr]([Br])([Br])([CH]1C=Cc2c(C)cccc21)[CH]1C=Cc2c(C)cccc21. The van der Waals surface area contributed by atoms with E-state index in [9.17, 15) is 0 Å². The monoisotopic (exact) mass is 534 g/mol. The van der Waals surface area contributed by atoms with Crippen molar-refractivity contribution in [2.24, 2.45) is 0 Å². The predicted octanol–water partition coefficient (Wildman–Crippen LogP) is 7.27. The van der Waals surface area contributed by atoms with Gasteiger partial charge in [-0.25, -0.2) is 0 Å². The van der Waals surface area contributed by atoms with Crippen molar-refractivity contribution in [3.63, 3.8) is 0 Å². The van der Waals surface area contributed by atoms with Gasteiger partial charge in [-0.2, -0.15) is 0 Å². The van der Waals surface area contributed by atoms with E-state index < -0.39 is 13.6 Å². The molecule has 0 saturated carbocycles. The minimum atomic E-state index is -3.67. The van der Waals surface area contributed by atoms with Gasteiger partial charge in [0.25, 0.3) is 0 Å². The minimum absolute atomic E-state index is 0.419.